The Balaban J connectivity index is -0.0000000980. The standard InChI is InChI=1S/2C3H12O2Si3.2Na/c2*4-2(5)3(7,8)1-6;;/h2*1H2,6-8H3,(H,4,5);;/q;;2*+1/p-2. The molecule has 4 nitrogen and oxygen atoms in total. The molecule has 0 aliphatic carbocycles. The number of hydrogen-bond acceptors (Lipinski definition) is 4. The molecule has 0 N–H and O–H groups in total. The van der Waals surface area contributed by atoms with Crippen molar-refractivity contribution < 1.29 is 78.9 Å². The SMILES string of the molecule is O=C([O-])C([SiH3])([SiH3])C[SiH3].O=C([O-])C([SiH3])([SiH3])C[SiH3].[Na+].[Na+]. The van der Waals surface area contributed by atoms with E-state index >= 15 is 0 Å². The van der Waals surface area contributed by atoms with Crippen molar-refractivity contribution in [1.82, 2.24) is 0 Å². The van der Waals surface area contributed by atoms with Crippen molar-refractivity contribution in [2.45, 2.75) is 21.4 Å². The molecule has 0 saturated heterocycles. The van der Waals surface area contributed by atoms with Crippen molar-refractivity contribution >= 4 is 73.4 Å². The summed E-state index contributed by atoms with van der Waals surface area (Å²) in [7, 11) is 5.06. The zero-order valence-electron chi connectivity index (χ0n) is 13.0. The van der Waals surface area contributed by atoms with Crippen molar-refractivity contribution in [2.24, 2.45) is 0 Å². The molecule has 0 aliphatic rings. The van der Waals surface area contributed by atoms with Crippen LogP contribution in [-0.2, 0) is 9.59 Å². The van der Waals surface area contributed by atoms with Gasteiger partial charge in [-0.05, 0) is 9.32 Å². The average molecular weight is 373 g/mol. The summed E-state index contributed by atoms with van der Waals surface area (Å²) in [5.41, 5.74) is 0. The van der Waals surface area contributed by atoms with Gasteiger partial charge < -0.3 is 19.8 Å². The minimum Gasteiger partial charge on any atom is -0.550 e. The first kappa shape index (κ1) is 28.4. The Kier molecular flexibility index (Phi) is 20.4. The van der Waals surface area contributed by atoms with Crippen LogP contribution in [0.25, 0.3) is 0 Å². The number of rotatable bonds is 4. The molecule has 0 heterocycles. The molecular weight excluding hydrogens is 351 g/mol. The first-order chi connectivity index (χ1) is 7.01. The van der Waals surface area contributed by atoms with E-state index in [1.807, 2.05) is 0 Å². The molecule has 12 heteroatoms. The van der Waals surface area contributed by atoms with E-state index in [9.17, 15) is 19.8 Å². The Morgan fingerprint density at radius 1 is 0.778 bits per heavy atom. The minimum absolute atomic E-state index is 0. The van der Waals surface area contributed by atoms with E-state index in [-0.39, 0.29) is 68.4 Å². The molecule has 96 valence electrons. The first-order valence-corrected chi connectivity index (χ1v) is 12.3. The predicted octanol–water partition coefficient (Wildman–Crippen LogP) is -15.3. The minimum atomic E-state index is -0.814. The second-order valence-electron chi connectivity index (χ2n) is 5.05. The van der Waals surface area contributed by atoms with Crippen LogP contribution in [0.5, 0.6) is 0 Å². The maximum absolute atomic E-state index is 10.2. The van der Waals surface area contributed by atoms with Crippen LogP contribution in [0.15, 0.2) is 0 Å². The molecule has 0 saturated carbocycles. The Labute approximate surface area is 171 Å². The molecule has 18 heavy (non-hydrogen) atoms. The van der Waals surface area contributed by atoms with Crippen LogP contribution in [0.3, 0.4) is 0 Å². The number of carbonyl (C=O) groups is 2. The summed E-state index contributed by atoms with van der Waals surface area (Å²) >= 11 is 0. The fourth-order valence-electron chi connectivity index (χ4n) is 0.289. The van der Waals surface area contributed by atoms with Gasteiger partial charge in [-0.25, -0.2) is 0 Å². The number of carboxylic acid groups (broad SMARTS) is 2. The molecule has 0 aromatic carbocycles. The molecule has 0 aromatic heterocycles. The number of carbonyl (C=O) groups excluding carboxylic acids is 2. The fourth-order valence-corrected chi connectivity index (χ4v) is 0.866. The smallest absolute Gasteiger partial charge is 0.550 e. The van der Waals surface area contributed by atoms with Crippen LogP contribution < -0.4 is 69.3 Å². The topological polar surface area (TPSA) is 80.3 Å². The number of hydrogen-bond donors (Lipinski definition) is 0. The van der Waals surface area contributed by atoms with Crippen LogP contribution in [0.2, 0.25) is 21.4 Å². The van der Waals surface area contributed by atoms with Crippen LogP contribution in [-0.4, -0.2) is 73.4 Å². The average Bonchev–Trinajstić information content (AvgIpc) is 2.18. The van der Waals surface area contributed by atoms with Gasteiger partial charge in [0.2, 0.25) is 0 Å². The van der Waals surface area contributed by atoms with Gasteiger partial charge in [0.1, 0.15) is 0 Å². The summed E-state index contributed by atoms with van der Waals surface area (Å²) in [5, 5.41) is 20.5. The van der Waals surface area contributed by atoms with Crippen LogP contribution >= 0.6 is 0 Å². The third-order valence-corrected chi connectivity index (χ3v) is 16.5. The van der Waals surface area contributed by atoms with Crippen molar-refractivity contribution in [3.05, 3.63) is 0 Å². The van der Waals surface area contributed by atoms with Gasteiger partial charge in [-0.1, -0.05) is 12.1 Å². The van der Waals surface area contributed by atoms with Gasteiger partial charge in [-0.2, -0.15) is 0 Å². The largest absolute Gasteiger partial charge is 1.00 e. The van der Waals surface area contributed by atoms with E-state index < -0.39 is 11.9 Å². The second kappa shape index (κ2) is 12.9. The first-order valence-electron chi connectivity index (χ1n) is 5.44. The van der Waals surface area contributed by atoms with E-state index in [0.717, 1.165) is 73.5 Å². The van der Waals surface area contributed by atoms with E-state index in [0.29, 0.717) is 0 Å². The van der Waals surface area contributed by atoms with Gasteiger partial charge in [0.15, 0.2) is 0 Å². The number of aliphatic carboxylic acids is 2. The van der Waals surface area contributed by atoms with E-state index in [1.54, 1.807) is 0 Å². The summed E-state index contributed by atoms with van der Waals surface area (Å²) in [6, 6.07) is 1.77. The van der Waals surface area contributed by atoms with Crippen LogP contribution in [0, 0.1) is 0 Å². The monoisotopic (exact) mass is 372 g/mol. The zero-order valence-corrected chi connectivity index (χ0v) is 29.0. The van der Waals surface area contributed by atoms with Crippen molar-refractivity contribution in [3.8, 4) is 0 Å². The summed E-state index contributed by atoms with van der Waals surface area (Å²) in [6.07, 6.45) is 0. The Morgan fingerprint density at radius 2 is 0.944 bits per heavy atom. The molecule has 0 aliphatic heterocycles. The molecule has 0 unspecified atom stereocenters. The van der Waals surface area contributed by atoms with Gasteiger partial charge in [-0.3, -0.25) is 0 Å². The van der Waals surface area contributed by atoms with Gasteiger partial charge in [-0.15, -0.1) is 0 Å². The van der Waals surface area contributed by atoms with Gasteiger partial charge in [0, 0.05) is 73.4 Å². The Bertz CT molecular complexity index is 236. The third kappa shape index (κ3) is 13.2. The van der Waals surface area contributed by atoms with E-state index in [1.165, 1.54) is 0 Å². The third-order valence-electron chi connectivity index (χ3n) is 2.87. The van der Waals surface area contributed by atoms with E-state index in [2.05, 4.69) is 0 Å². The van der Waals surface area contributed by atoms with Crippen LogP contribution in [0.4, 0.5) is 0 Å². The summed E-state index contributed by atoms with van der Waals surface area (Å²) in [4.78, 5) is 20.5. The molecular formula is C6H22Na2O4Si6. The molecule has 0 fully saturated rings. The molecule has 0 radical (unpaired) electrons. The number of carboxylic acids is 2. The quantitative estimate of drug-likeness (QED) is 0.459. The van der Waals surface area contributed by atoms with Gasteiger partial charge >= 0.3 is 59.1 Å². The normalized spacial score (nSPS) is 16.4. The van der Waals surface area contributed by atoms with Crippen molar-refractivity contribution in [1.29, 1.82) is 0 Å². The Morgan fingerprint density at radius 3 is 0.944 bits per heavy atom. The maximum Gasteiger partial charge on any atom is 1.00 e. The summed E-state index contributed by atoms with van der Waals surface area (Å²) in [5.74, 6) is -1.63. The van der Waals surface area contributed by atoms with E-state index in [4.69, 9.17) is 0 Å². The molecule has 0 rings (SSSR count). The molecule has 0 spiro atoms. The fraction of sp³-hybridized carbons (Fsp3) is 0.667. The van der Waals surface area contributed by atoms with Crippen LogP contribution in [0.1, 0.15) is 0 Å². The van der Waals surface area contributed by atoms with Crippen molar-refractivity contribution in [3.63, 3.8) is 0 Å². The van der Waals surface area contributed by atoms with Gasteiger partial charge in [0.25, 0.3) is 0 Å². The second-order valence-corrected chi connectivity index (χ2v) is 19.3. The molecule has 0 atom stereocenters. The summed E-state index contributed by atoms with van der Waals surface area (Å²) < 4.78 is -0.627. The van der Waals surface area contributed by atoms with Crippen molar-refractivity contribution in [2.75, 3.05) is 0 Å². The molecule has 0 aromatic rings. The predicted molar refractivity (Wildman–Crippen MR) is 84.6 cm³/mol. The van der Waals surface area contributed by atoms with Gasteiger partial charge in [0.05, 0.1) is 0 Å². The molecule has 0 amide bonds. The Hall–Kier alpha value is 2.24. The maximum atomic E-state index is 10.2. The molecule has 0 bridgehead atoms. The zero-order chi connectivity index (χ0) is 13.6. The summed E-state index contributed by atoms with van der Waals surface area (Å²) in [6.45, 7) is 0.